The molecule has 0 saturated heterocycles. The van der Waals surface area contributed by atoms with Crippen LogP contribution in [0.15, 0.2) is 60.7 Å². The minimum Gasteiger partial charge on any atom is -0.497 e. The lowest BCUT2D eigenvalue weighted by molar-refractivity contribution is -0.118. The Balaban J connectivity index is 1.56. The van der Waals surface area contributed by atoms with Gasteiger partial charge in [-0.05, 0) is 66.6 Å². The maximum Gasteiger partial charge on any atom is 0.262 e. The van der Waals surface area contributed by atoms with Gasteiger partial charge in [-0.15, -0.1) is 0 Å². The van der Waals surface area contributed by atoms with E-state index < -0.39 is 0 Å². The van der Waals surface area contributed by atoms with Crippen LogP contribution in [0.4, 0.5) is 11.4 Å². The van der Waals surface area contributed by atoms with Crippen molar-refractivity contribution in [1.29, 1.82) is 0 Å². The van der Waals surface area contributed by atoms with E-state index in [9.17, 15) is 4.79 Å². The molecule has 162 valence electrons. The van der Waals surface area contributed by atoms with Crippen LogP contribution in [0.25, 0.3) is 0 Å². The van der Waals surface area contributed by atoms with Gasteiger partial charge in [0.15, 0.2) is 18.1 Å². The van der Waals surface area contributed by atoms with Gasteiger partial charge in [0.05, 0.1) is 14.2 Å². The summed E-state index contributed by atoms with van der Waals surface area (Å²) in [7, 11) is 3.21. The molecule has 2 N–H and O–H groups in total. The van der Waals surface area contributed by atoms with Crippen LogP contribution >= 0.6 is 11.6 Å². The van der Waals surface area contributed by atoms with E-state index >= 15 is 0 Å². The quantitative estimate of drug-likeness (QED) is 0.472. The fraction of sp³-hybridized carbons (Fsp3) is 0.208. The first kappa shape index (κ1) is 22.3. The van der Waals surface area contributed by atoms with Crippen LogP contribution in [0.5, 0.6) is 17.2 Å². The van der Waals surface area contributed by atoms with E-state index in [-0.39, 0.29) is 12.5 Å². The van der Waals surface area contributed by atoms with Crippen LogP contribution in [-0.4, -0.2) is 26.7 Å². The number of hydrogen-bond acceptors (Lipinski definition) is 5. The van der Waals surface area contributed by atoms with Crippen molar-refractivity contribution in [2.45, 2.75) is 13.5 Å². The fourth-order valence-corrected chi connectivity index (χ4v) is 3.05. The molecule has 0 aliphatic rings. The van der Waals surface area contributed by atoms with Gasteiger partial charge in [0, 0.05) is 22.9 Å². The minimum absolute atomic E-state index is 0.148. The predicted octanol–water partition coefficient (Wildman–Crippen LogP) is 5.30. The third-order valence-electron chi connectivity index (χ3n) is 4.63. The summed E-state index contributed by atoms with van der Waals surface area (Å²) in [6.07, 6.45) is 0. The van der Waals surface area contributed by atoms with Gasteiger partial charge in [0.1, 0.15) is 5.75 Å². The van der Waals surface area contributed by atoms with E-state index in [0.29, 0.717) is 28.8 Å². The highest BCUT2D eigenvalue weighted by Crippen LogP contribution is 2.29. The normalized spacial score (nSPS) is 10.3. The van der Waals surface area contributed by atoms with Crippen molar-refractivity contribution in [2.75, 3.05) is 31.5 Å². The topological polar surface area (TPSA) is 68.8 Å². The van der Waals surface area contributed by atoms with Gasteiger partial charge in [-0.2, -0.15) is 0 Å². The van der Waals surface area contributed by atoms with Crippen molar-refractivity contribution < 1.29 is 19.0 Å². The lowest BCUT2D eigenvalue weighted by atomic mass is 10.2. The van der Waals surface area contributed by atoms with Gasteiger partial charge in [-0.25, -0.2) is 0 Å². The zero-order chi connectivity index (χ0) is 22.2. The largest absolute Gasteiger partial charge is 0.497 e. The number of hydrogen-bond donors (Lipinski definition) is 2. The summed E-state index contributed by atoms with van der Waals surface area (Å²) in [4.78, 5) is 12.2. The van der Waals surface area contributed by atoms with Gasteiger partial charge in [0.25, 0.3) is 5.91 Å². The Morgan fingerprint density at radius 3 is 2.32 bits per heavy atom. The molecule has 3 rings (SSSR count). The van der Waals surface area contributed by atoms with Crippen LogP contribution in [0.2, 0.25) is 5.02 Å². The van der Waals surface area contributed by atoms with Gasteiger partial charge in [0.2, 0.25) is 0 Å². The van der Waals surface area contributed by atoms with Crippen molar-refractivity contribution in [2.24, 2.45) is 0 Å². The Morgan fingerprint density at radius 1 is 0.903 bits per heavy atom. The lowest BCUT2D eigenvalue weighted by Gasteiger charge is -2.13. The summed E-state index contributed by atoms with van der Waals surface area (Å²) >= 11 is 6.09. The Labute approximate surface area is 187 Å². The highest BCUT2D eigenvalue weighted by molar-refractivity contribution is 6.31. The zero-order valence-electron chi connectivity index (χ0n) is 17.7. The fourth-order valence-electron chi connectivity index (χ4n) is 2.87. The molecule has 0 aliphatic heterocycles. The highest BCUT2D eigenvalue weighted by atomic mass is 35.5. The van der Waals surface area contributed by atoms with Crippen molar-refractivity contribution in [1.82, 2.24) is 0 Å². The average molecular weight is 441 g/mol. The Hall–Kier alpha value is -3.38. The molecule has 0 aromatic heterocycles. The number of aryl methyl sites for hydroxylation is 1. The first-order valence-electron chi connectivity index (χ1n) is 9.72. The Kier molecular flexibility index (Phi) is 7.62. The molecular formula is C24H25ClN2O4. The number of amides is 1. The van der Waals surface area contributed by atoms with Gasteiger partial charge in [-0.3, -0.25) is 4.79 Å². The molecule has 31 heavy (non-hydrogen) atoms. The first-order chi connectivity index (χ1) is 15.0. The standard InChI is InChI=1S/C24H25ClN2O4/c1-16-4-6-19(13-21(16)25)27-24(28)15-31-22-11-5-17(12-23(22)30-3)14-26-18-7-9-20(29-2)10-8-18/h4-13,26H,14-15H2,1-3H3,(H,27,28). The van der Waals surface area contributed by atoms with E-state index in [0.717, 1.165) is 22.6 Å². The number of halogens is 1. The summed E-state index contributed by atoms with van der Waals surface area (Å²) in [5, 5.41) is 6.71. The Bertz CT molecular complexity index is 1040. The molecule has 0 unspecified atom stereocenters. The van der Waals surface area contributed by atoms with Gasteiger partial charge < -0.3 is 24.8 Å². The number of carbonyl (C=O) groups excluding carboxylic acids is 1. The van der Waals surface area contributed by atoms with Gasteiger partial charge in [-0.1, -0.05) is 23.7 Å². The molecule has 3 aromatic rings. The van der Waals surface area contributed by atoms with E-state index in [4.69, 9.17) is 25.8 Å². The second-order valence-electron chi connectivity index (χ2n) is 6.87. The molecule has 0 radical (unpaired) electrons. The summed E-state index contributed by atoms with van der Waals surface area (Å²) < 4.78 is 16.3. The summed E-state index contributed by atoms with van der Waals surface area (Å²) in [5.41, 5.74) is 3.56. The van der Waals surface area contributed by atoms with Gasteiger partial charge >= 0.3 is 0 Å². The minimum atomic E-state index is -0.285. The summed E-state index contributed by atoms with van der Waals surface area (Å²) in [6.45, 7) is 2.36. The van der Waals surface area contributed by atoms with Crippen LogP contribution in [0.3, 0.4) is 0 Å². The maximum absolute atomic E-state index is 12.2. The second kappa shape index (κ2) is 10.6. The van der Waals surface area contributed by atoms with E-state index in [1.54, 1.807) is 32.4 Å². The first-order valence-corrected chi connectivity index (χ1v) is 10.1. The summed E-state index contributed by atoms with van der Waals surface area (Å²) in [5.74, 6) is 1.57. The molecular weight excluding hydrogens is 416 g/mol. The van der Waals surface area contributed by atoms with E-state index in [1.165, 1.54) is 0 Å². The van der Waals surface area contributed by atoms with E-state index in [2.05, 4.69) is 10.6 Å². The van der Waals surface area contributed by atoms with Crippen LogP contribution in [0, 0.1) is 6.92 Å². The molecule has 0 saturated carbocycles. The third-order valence-corrected chi connectivity index (χ3v) is 5.04. The smallest absolute Gasteiger partial charge is 0.262 e. The number of ether oxygens (including phenoxy) is 3. The zero-order valence-corrected chi connectivity index (χ0v) is 18.5. The number of nitrogens with one attached hydrogen (secondary N) is 2. The molecule has 0 spiro atoms. The molecule has 3 aromatic carbocycles. The van der Waals surface area contributed by atoms with Crippen molar-refractivity contribution in [3.05, 3.63) is 76.8 Å². The molecule has 0 aliphatic carbocycles. The molecule has 0 fully saturated rings. The molecule has 0 bridgehead atoms. The number of methoxy groups -OCH3 is 2. The number of anilines is 2. The molecule has 0 atom stereocenters. The van der Waals surface area contributed by atoms with Crippen molar-refractivity contribution in [3.8, 4) is 17.2 Å². The Morgan fingerprint density at radius 2 is 1.65 bits per heavy atom. The molecule has 1 amide bonds. The number of benzene rings is 3. The highest BCUT2D eigenvalue weighted by Gasteiger charge is 2.10. The van der Waals surface area contributed by atoms with Crippen LogP contribution in [-0.2, 0) is 11.3 Å². The predicted molar refractivity (Wildman–Crippen MR) is 124 cm³/mol. The number of rotatable bonds is 9. The second-order valence-corrected chi connectivity index (χ2v) is 7.28. The molecule has 6 nitrogen and oxygen atoms in total. The average Bonchev–Trinajstić information content (AvgIpc) is 2.79. The number of carbonyl (C=O) groups is 1. The lowest BCUT2D eigenvalue weighted by Crippen LogP contribution is -2.20. The molecule has 7 heteroatoms. The monoisotopic (exact) mass is 440 g/mol. The summed E-state index contributed by atoms with van der Waals surface area (Å²) in [6, 6.07) is 18.6. The maximum atomic E-state index is 12.2. The molecule has 0 heterocycles. The third kappa shape index (κ3) is 6.30. The van der Waals surface area contributed by atoms with Crippen molar-refractivity contribution in [3.63, 3.8) is 0 Å². The SMILES string of the molecule is COc1ccc(NCc2ccc(OCC(=O)Nc3ccc(C)c(Cl)c3)c(OC)c2)cc1. The van der Waals surface area contributed by atoms with E-state index in [1.807, 2.05) is 49.4 Å². The van der Waals surface area contributed by atoms with Crippen LogP contribution in [0.1, 0.15) is 11.1 Å². The van der Waals surface area contributed by atoms with Crippen molar-refractivity contribution >= 4 is 28.9 Å². The van der Waals surface area contributed by atoms with Crippen LogP contribution < -0.4 is 24.8 Å².